The largest absolute Gasteiger partial charge is 0.338 e. The van der Waals surface area contributed by atoms with Crippen LogP contribution in [0.5, 0.6) is 0 Å². The Balaban J connectivity index is 2.22. The van der Waals surface area contributed by atoms with Gasteiger partial charge in [0.1, 0.15) is 0 Å². The normalized spacial score (nSPS) is 15.6. The van der Waals surface area contributed by atoms with Gasteiger partial charge in [-0.1, -0.05) is 38.1 Å². The molecule has 3 rings (SSSR count). The van der Waals surface area contributed by atoms with Crippen molar-refractivity contribution in [3.05, 3.63) is 58.7 Å². The summed E-state index contributed by atoms with van der Waals surface area (Å²) >= 11 is 0. The zero-order chi connectivity index (χ0) is 14.3. The maximum Gasteiger partial charge on any atom is 0.259 e. The summed E-state index contributed by atoms with van der Waals surface area (Å²) in [6.45, 7) is 4.13. The van der Waals surface area contributed by atoms with Crippen molar-refractivity contribution in [2.24, 2.45) is 0 Å². The van der Waals surface area contributed by atoms with Gasteiger partial charge in [0.2, 0.25) is 0 Å². The molecule has 2 aromatic carbocycles. The molecule has 0 bridgehead atoms. The topological polar surface area (TPSA) is 37.3 Å². The highest BCUT2D eigenvalue weighted by molar-refractivity contribution is 7.73. The molecule has 0 spiro atoms. The van der Waals surface area contributed by atoms with E-state index in [-0.39, 0.29) is 0 Å². The molecule has 0 aromatic heterocycles. The van der Waals surface area contributed by atoms with Crippen LogP contribution in [0.25, 0.3) is 0 Å². The fourth-order valence-electron chi connectivity index (χ4n) is 2.86. The number of aryl methyl sites for hydroxylation is 2. The van der Waals surface area contributed by atoms with Crippen molar-refractivity contribution < 1.29 is 9.46 Å². The molecule has 0 atom stereocenters. The highest BCUT2D eigenvalue weighted by atomic mass is 31.2. The summed E-state index contributed by atoms with van der Waals surface area (Å²) in [6.07, 6.45) is 2.52. The molecule has 0 radical (unpaired) electrons. The van der Waals surface area contributed by atoms with Crippen molar-refractivity contribution in [3.8, 4) is 0 Å². The van der Waals surface area contributed by atoms with Gasteiger partial charge < -0.3 is 4.89 Å². The molecule has 0 aliphatic carbocycles. The number of benzene rings is 2. The molecule has 0 saturated carbocycles. The molecular formula is C17H19O2P. The lowest BCUT2D eigenvalue weighted by Crippen LogP contribution is -2.28. The third kappa shape index (κ3) is 2.04. The quantitative estimate of drug-likeness (QED) is 0.862. The Labute approximate surface area is 119 Å². The maximum atomic E-state index is 13.0. The zero-order valence-corrected chi connectivity index (χ0v) is 12.8. The van der Waals surface area contributed by atoms with E-state index in [1.807, 2.05) is 24.3 Å². The molecule has 0 unspecified atom stereocenters. The second-order valence-corrected chi connectivity index (χ2v) is 7.50. The molecule has 104 valence electrons. The molecule has 3 heteroatoms. The van der Waals surface area contributed by atoms with Crippen molar-refractivity contribution in [1.29, 1.82) is 0 Å². The van der Waals surface area contributed by atoms with Gasteiger partial charge >= 0.3 is 0 Å². The monoisotopic (exact) mass is 286 g/mol. The molecule has 0 amide bonds. The van der Waals surface area contributed by atoms with Gasteiger partial charge in [-0.05, 0) is 53.6 Å². The van der Waals surface area contributed by atoms with Crippen molar-refractivity contribution in [2.45, 2.75) is 33.1 Å². The first-order valence-corrected chi connectivity index (χ1v) is 8.79. The van der Waals surface area contributed by atoms with E-state index in [9.17, 15) is 9.46 Å². The molecule has 0 fully saturated rings. The van der Waals surface area contributed by atoms with Crippen LogP contribution in [-0.4, -0.2) is 4.89 Å². The summed E-state index contributed by atoms with van der Waals surface area (Å²) in [5, 5.41) is 1.27. The third-order valence-corrected chi connectivity index (χ3v) is 6.29. The molecule has 1 aliphatic rings. The SMILES string of the molecule is CCc1ccc2c(c1)P(=O)(O)c1cc(CC)ccc1C2. The predicted octanol–water partition coefficient (Wildman–Crippen LogP) is 2.94. The molecule has 2 nitrogen and oxygen atoms in total. The summed E-state index contributed by atoms with van der Waals surface area (Å²) in [7, 11) is -3.45. The molecule has 1 heterocycles. The van der Waals surface area contributed by atoms with Crippen LogP contribution in [0.2, 0.25) is 0 Å². The fourth-order valence-corrected chi connectivity index (χ4v) is 4.88. The average molecular weight is 286 g/mol. The van der Waals surface area contributed by atoms with Crippen molar-refractivity contribution in [1.82, 2.24) is 0 Å². The van der Waals surface area contributed by atoms with E-state index in [4.69, 9.17) is 0 Å². The van der Waals surface area contributed by atoms with Gasteiger partial charge in [0.05, 0.1) is 0 Å². The summed E-state index contributed by atoms with van der Waals surface area (Å²) in [6, 6.07) is 12.0. The summed E-state index contributed by atoms with van der Waals surface area (Å²) in [5.74, 6) is 0. The van der Waals surface area contributed by atoms with E-state index in [0.29, 0.717) is 10.6 Å². The predicted molar refractivity (Wildman–Crippen MR) is 83.5 cm³/mol. The minimum absolute atomic E-state index is 0.637. The van der Waals surface area contributed by atoms with E-state index in [1.54, 1.807) is 0 Å². The molecule has 1 aliphatic heterocycles. The van der Waals surface area contributed by atoms with Crippen LogP contribution in [0.1, 0.15) is 36.1 Å². The molecule has 20 heavy (non-hydrogen) atoms. The van der Waals surface area contributed by atoms with E-state index in [1.165, 1.54) is 0 Å². The van der Waals surface area contributed by atoms with Crippen molar-refractivity contribution in [2.75, 3.05) is 0 Å². The third-order valence-electron chi connectivity index (χ3n) is 4.15. The van der Waals surface area contributed by atoms with E-state index >= 15 is 0 Å². The molecule has 0 saturated heterocycles. The van der Waals surface area contributed by atoms with Crippen LogP contribution in [0.15, 0.2) is 36.4 Å². The Morgan fingerprint density at radius 1 is 0.950 bits per heavy atom. The fraction of sp³-hybridized carbons (Fsp3) is 0.294. The highest BCUT2D eigenvalue weighted by Crippen LogP contribution is 2.44. The minimum atomic E-state index is -3.45. The van der Waals surface area contributed by atoms with Crippen LogP contribution >= 0.6 is 7.37 Å². The number of rotatable bonds is 2. The van der Waals surface area contributed by atoms with Gasteiger partial charge in [0.15, 0.2) is 0 Å². The van der Waals surface area contributed by atoms with E-state index in [2.05, 4.69) is 26.0 Å². The summed E-state index contributed by atoms with van der Waals surface area (Å²) in [4.78, 5) is 10.7. The van der Waals surface area contributed by atoms with Crippen LogP contribution in [-0.2, 0) is 23.8 Å². The molecular weight excluding hydrogens is 267 g/mol. The zero-order valence-electron chi connectivity index (χ0n) is 11.9. The van der Waals surface area contributed by atoms with Crippen LogP contribution in [0.3, 0.4) is 0 Å². The smallest absolute Gasteiger partial charge is 0.259 e. The summed E-state index contributed by atoms with van der Waals surface area (Å²) in [5.41, 5.74) is 4.22. The first-order valence-electron chi connectivity index (χ1n) is 7.13. The Hall–Kier alpha value is -1.37. The standard InChI is InChI=1S/C17H19O2P/c1-3-12-5-7-14-11-15-8-6-13(4-2)10-17(15)20(18,19)16(14)9-12/h5-10H,3-4,11H2,1-2H3,(H,18,19). The number of hydrogen-bond acceptors (Lipinski definition) is 1. The molecule has 2 aromatic rings. The second-order valence-electron chi connectivity index (χ2n) is 5.39. The van der Waals surface area contributed by atoms with Crippen molar-refractivity contribution in [3.63, 3.8) is 0 Å². The van der Waals surface area contributed by atoms with Gasteiger partial charge in [-0.15, -0.1) is 0 Å². The van der Waals surface area contributed by atoms with Gasteiger partial charge in [-0.25, -0.2) is 0 Å². The Bertz CT molecular complexity index is 661. The van der Waals surface area contributed by atoms with Gasteiger partial charge in [-0.2, -0.15) is 0 Å². The lowest BCUT2D eigenvalue weighted by molar-refractivity contribution is 0.500. The van der Waals surface area contributed by atoms with Gasteiger partial charge in [0.25, 0.3) is 7.37 Å². The Morgan fingerprint density at radius 2 is 1.40 bits per heavy atom. The lowest BCUT2D eigenvalue weighted by Gasteiger charge is -2.25. The first-order chi connectivity index (χ1) is 9.56. The van der Waals surface area contributed by atoms with E-state index in [0.717, 1.165) is 41.5 Å². The minimum Gasteiger partial charge on any atom is -0.338 e. The second kappa shape index (κ2) is 4.87. The maximum absolute atomic E-state index is 13.0. The van der Waals surface area contributed by atoms with Gasteiger partial charge in [-0.3, -0.25) is 4.57 Å². The highest BCUT2D eigenvalue weighted by Gasteiger charge is 2.34. The Morgan fingerprint density at radius 3 is 1.80 bits per heavy atom. The van der Waals surface area contributed by atoms with Crippen LogP contribution in [0.4, 0.5) is 0 Å². The Kier molecular flexibility index (Phi) is 3.32. The lowest BCUT2D eigenvalue weighted by atomic mass is 10.0. The van der Waals surface area contributed by atoms with Gasteiger partial charge in [0, 0.05) is 10.6 Å². The van der Waals surface area contributed by atoms with Crippen molar-refractivity contribution >= 4 is 18.0 Å². The summed E-state index contributed by atoms with van der Waals surface area (Å²) < 4.78 is 13.0. The average Bonchev–Trinajstić information content (AvgIpc) is 2.47. The molecule has 1 N–H and O–H groups in total. The van der Waals surface area contributed by atoms with E-state index < -0.39 is 7.37 Å². The number of fused-ring (bicyclic) bond motifs is 2. The van der Waals surface area contributed by atoms with Crippen LogP contribution in [0, 0.1) is 0 Å². The first kappa shape index (κ1) is 13.6. The number of hydrogen-bond donors (Lipinski definition) is 1. The van der Waals surface area contributed by atoms with Crippen LogP contribution < -0.4 is 10.6 Å².